The van der Waals surface area contributed by atoms with Crippen molar-refractivity contribution in [1.82, 2.24) is 20.3 Å². The van der Waals surface area contributed by atoms with Crippen LogP contribution in [0.15, 0.2) is 36.7 Å². The van der Waals surface area contributed by atoms with Gasteiger partial charge in [-0.25, -0.2) is 18.7 Å². The molecular weight excluding hydrogens is 409 g/mol. The number of hydrogen-bond acceptors (Lipinski definition) is 4. The molecule has 3 heterocycles. The number of halogens is 5. The molecule has 0 radical (unpaired) electrons. The Bertz CT molecular complexity index is 1080. The van der Waals surface area contributed by atoms with Crippen LogP contribution in [0.3, 0.4) is 0 Å². The fourth-order valence-electron chi connectivity index (χ4n) is 3.52. The lowest BCUT2D eigenvalue weighted by atomic mass is 10.1. The second-order valence-electron chi connectivity index (χ2n) is 6.95. The van der Waals surface area contributed by atoms with Crippen molar-refractivity contribution in [3.63, 3.8) is 0 Å². The van der Waals surface area contributed by atoms with Gasteiger partial charge in [-0.1, -0.05) is 18.2 Å². The quantitative estimate of drug-likeness (QED) is 0.629. The maximum atomic E-state index is 14.5. The summed E-state index contributed by atoms with van der Waals surface area (Å²) >= 11 is 0. The Kier molecular flexibility index (Phi) is 5.04. The van der Waals surface area contributed by atoms with Gasteiger partial charge in [0.15, 0.2) is 17.5 Å². The number of aromatic amines is 1. The van der Waals surface area contributed by atoms with Gasteiger partial charge in [0, 0.05) is 29.1 Å². The van der Waals surface area contributed by atoms with Crippen LogP contribution in [-0.2, 0) is 4.79 Å². The molecule has 2 atom stereocenters. The number of aromatic nitrogens is 3. The third-order valence-electron chi connectivity index (χ3n) is 4.84. The lowest BCUT2D eigenvalue weighted by Gasteiger charge is -2.25. The predicted octanol–water partition coefficient (Wildman–Crippen LogP) is 3.36. The Morgan fingerprint density at radius 2 is 2.07 bits per heavy atom. The van der Waals surface area contributed by atoms with Crippen LogP contribution in [0.1, 0.15) is 6.42 Å². The molecule has 158 valence electrons. The molecule has 0 unspecified atom stereocenters. The van der Waals surface area contributed by atoms with Crippen LogP contribution in [0.4, 0.5) is 27.8 Å². The van der Waals surface area contributed by atoms with Crippen molar-refractivity contribution in [2.24, 2.45) is 0 Å². The van der Waals surface area contributed by atoms with E-state index in [2.05, 4.69) is 15.0 Å². The average Bonchev–Trinajstić information content (AvgIpc) is 3.30. The summed E-state index contributed by atoms with van der Waals surface area (Å²) in [5.74, 6) is -2.14. The number of nitrogens with one attached hydrogen (secondary N) is 2. The van der Waals surface area contributed by atoms with Gasteiger partial charge in [0.2, 0.25) is 5.91 Å². The van der Waals surface area contributed by atoms with Gasteiger partial charge in [-0.05, 0) is 6.07 Å². The van der Waals surface area contributed by atoms with E-state index in [9.17, 15) is 26.7 Å². The molecule has 3 aromatic rings. The molecule has 1 saturated heterocycles. The largest absolute Gasteiger partial charge is 0.405 e. The van der Waals surface area contributed by atoms with Gasteiger partial charge in [-0.15, -0.1) is 0 Å². The van der Waals surface area contributed by atoms with E-state index in [-0.39, 0.29) is 24.6 Å². The molecule has 6 nitrogen and oxygen atoms in total. The summed E-state index contributed by atoms with van der Waals surface area (Å²) in [7, 11) is 0. The van der Waals surface area contributed by atoms with Gasteiger partial charge < -0.3 is 15.2 Å². The van der Waals surface area contributed by atoms with E-state index in [0.717, 1.165) is 22.0 Å². The number of nitrogens with zero attached hydrogens (tertiary/aromatic N) is 3. The maximum absolute atomic E-state index is 14.5. The minimum absolute atomic E-state index is 0.139. The highest BCUT2D eigenvalue weighted by Crippen LogP contribution is 2.31. The first-order valence-corrected chi connectivity index (χ1v) is 9.07. The van der Waals surface area contributed by atoms with Gasteiger partial charge >= 0.3 is 6.18 Å². The summed E-state index contributed by atoms with van der Waals surface area (Å²) in [5.41, 5.74) is 1.37. The molecule has 1 aliphatic rings. The third kappa shape index (κ3) is 3.91. The Balaban J connectivity index is 1.67. The number of para-hydroxylation sites is 1. The Morgan fingerprint density at radius 1 is 1.30 bits per heavy atom. The fourth-order valence-corrected chi connectivity index (χ4v) is 3.52. The Morgan fingerprint density at radius 3 is 2.83 bits per heavy atom. The molecule has 1 fully saturated rings. The Hall–Kier alpha value is -3.24. The van der Waals surface area contributed by atoms with Crippen molar-refractivity contribution in [1.29, 1.82) is 0 Å². The van der Waals surface area contributed by atoms with Crippen molar-refractivity contribution in [2.75, 3.05) is 18.0 Å². The molecule has 4 rings (SSSR count). The summed E-state index contributed by atoms with van der Waals surface area (Å²) in [5, 5.41) is 2.50. The monoisotopic (exact) mass is 425 g/mol. The minimum atomic E-state index is -4.61. The fraction of sp³-hybridized carbons (Fsp3) is 0.316. The highest BCUT2D eigenvalue weighted by Gasteiger charge is 2.40. The third-order valence-corrected chi connectivity index (χ3v) is 4.84. The van der Waals surface area contributed by atoms with Crippen LogP contribution < -0.4 is 10.2 Å². The predicted molar refractivity (Wildman–Crippen MR) is 99.0 cm³/mol. The van der Waals surface area contributed by atoms with Crippen molar-refractivity contribution in [3.8, 4) is 11.4 Å². The van der Waals surface area contributed by atoms with Crippen molar-refractivity contribution in [2.45, 2.75) is 24.8 Å². The average molecular weight is 425 g/mol. The molecule has 0 bridgehead atoms. The van der Waals surface area contributed by atoms with E-state index in [1.807, 2.05) is 18.2 Å². The summed E-state index contributed by atoms with van der Waals surface area (Å²) in [6, 6.07) is 5.96. The maximum Gasteiger partial charge on any atom is 0.405 e. The molecule has 2 aromatic heterocycles. The number of H-pyrrole nitrogens is 1. The molecule has 30 heavy (non-hydrogen) atoms. The van der Waals surface area contributed by atoms with Crippen LogP contribution in [0.25, 0.3) is 22.3 Å². The number of rotatable bonds is 4. The first kappa shape index (κ1) is 20.0. The first-order chi connectivity index (χ1) is 14.2. The van der Waals surface area contributed by atoms with Gasteiger partial charge in [0.05, 0.1) is 12.7 Å². The Labute approximate surface area is 167 Å². The number of amides is 1. The summed E-state index contributed by atoms with van der Waals surface area (Å²) in [6.45, 7) is -1.93. The van der Waals surface area contributed by atoms with Gasteiger partial charge in [-0.2, -0.15) is 13.2 Å². The minimum Gasteiger partial charge on any atom is -0.360 e. The molecule has 1 aromatic carbocycles. The second kappa shape index (κ2) is 7.54. The number of benzene rings is 1. The van der Waals surface area contributed by atoms with Crippen LogP contribution in [0, 0.1) is 5.82 Å². The number of carbonyl (C=O) groups excluding carboxylic acids is 1. The van der Waals surface area contributed by atoms with Crippen molar-refractivity contribution >= 4 is 22.6 Å². The highest BCUT2D eigenvalue weighted by atomic mass is 19.4. The molecule has 11 heteroatoms. The van der Waals surface area contributed by atoms with E-state index in [1.54, 1.807) is 17.6 Å². The van der Waals surface area contributed by atoms with Crippen LogP contribution >= 0.6 is 0 Å². The van der Waals surface area contributed by atoms with E-state index in [1.165, 1.54) is 0 Å². The lowest BCUT2D eigenvalue weighted by molar-refractivity contribution is -0.139. The van der Waals surface area contributed by atoms with Crippen LogP contribution in [-0.4, -0.2) is 52.3 Å². The number of alkyl halides is 4. The van der Waals surface area contributed by atoms with E-state index < -0.39 is 36.7 Å². The van der Waals surface area contributed by atoms with Crippen LogP contribution in [0.5, 0.6) is 0 Å². The van der Waals surface area contributed by atoms with E-state index in [0.29, 0.717) is 5.56 Å². The van der Waals surface area contributed by atoms with Crippen LogP contribution in [0.2, 0.25) is 0 Å². The molecule has 0 spiro atoms. The SMILES string of the molecule is O=C(NCC(F)(F)F)[C@H]1C[C@H](F)CN1c1nc(-c2c[nH]c3ccccc23)ncc1F. The van der Waals surface area contributed by atoms with Gasteiger partial charge in [0.1, 0.15) is 18.8 Å². The lowest BCUT2D eigenvalue weighted by Crippen LogP contribution is -2.46. The zero-order chi connectivity index (χ0) is 21.5. The second-order valence-corrected chi connectivity index (χ2v) is 6.95. The molecular formula is C19H16F5N5O. The topological polar surface area (TPSA) is 73.9 Å². The van der Waals surface area contributed by atoms with Gasteiger partial charge in [-0.3, -0.25) is 4.79 Å². The van der Waals surface area contributed by atoms with Crippen molar-refractivity contribution in [3.05, 3.63) is 42.5 Å². The molecule has 0 aliphatic carbocycles. The van der Waals surface area contributed by atoms with E-state index in [4.69, 9.17) is 0 Å². The molecule has 1 amide bonds. The number of anilines is 1. The zero-order valence-corrected chi connectivity index (χ0v) is 15.4. The summed E-state index contributed by atoms with van der Waals surface area (Å²) in [6.07, 6.45) is -3.96. The highest BCUT2D eigenvalue weighted by molar-refractivity contribution is 5.94. The standard InChI is InChI=1S/C19H16F5N5O/c20-10-5-15(18(30)27-9-19(22,23)24)29(8-10)17-13(21)7-26-16(28-17)12-6-25-14-4-2-1-3-11(12)14/h1-4,6-7,10,15,25H,5,8-9H2,(H,27,30)/t10-,15+/m0/s1. The summed E-state index contributed by atoms with van der Waals surface area (Å²) < 4.78 is 65.8. The smallest absolute Gasteiger partial charge is 0.360 e. The van der Waals surface area contributed by atoms with E-state index >= 15 is 0 Å². The number of fused-ring (bicyclic) bond motifs is 1. The zero-order valence-electron chi connectivity index (χ0n) is 15.4. The number of carbonyl (C=O) groups is 1. The van der Waals surface area contributed by atoms with Gasteiger partial charge in [0.25, 0.3) is 0 Å². The normalized spacial score (nSPS) is 19.4. The first-order valence-electron chi connectivity index (χ1n) is 9.07. The molecule has 0 saturated carbocycles. The number of hydrogen-bond donors (Lipinski definition) is 2. The molecule has 1 aliphatic heterocycles. The van der Waals surface area contributed by atoms with Crippen molar-refractivity contribution < 1.29 is 26.7 Å². The summed E-state index contributed by atoms with van der Waals surface area (Å²) in [4.78, 5) is 24.5. The molecule has 2 N–H and O–H groups in total.